The van der Waals surface area contributed by atoms with Crippen LogP contribution in [0, 0.1) is 5.82 Å². The minimum Gasteiger partial charge on any atom is -0.444 e. The van der Waals surface area contributed by atoms with Crippen LogP contribution in [-0.4, -0.2) is 23.4 Å². The fraction of sp³-hybridized carbons (Fsp3) is 0.500. The topological polar surface area (TPSA) is 58.6 Å². The minimum atomic E-state index is -3.52. The predicted molar refractivity (Wildman–Crippen MR) is 71.9 cm³/mol. The third-order valence-corrected chi connectivity index (χ3v) is 2.43. The van der Waals surface area contributed by atoms with Crippen molar-refractivity contribution in [2.24, 2.45) is 0 Å². The number of hydrogen-bond donors (Lipinski definition) is 2. The first-order valence-electron chi connectivity index (χ1n) is 6.34. The number of benzene rings is 1. The second-order valence-corrected chi connectivity index (χ2v) is 5.50. The average molecular weight is 305 g/mol. The largest absolute Gasteiger partial charge is 0.444 e. The zero-order valence-electron chi connectivity index (χ0n) is 12.0. The smallest absolute Gasteiger partial charge is 0.412 e. The number of carbonyl (C=O) groups is 1. The summed E-state index contributed by atoms with van der Waals surface area (Å²) in [5, 5.41) is 10.9. The lowest BCUT2D eigenvalue weighted by atomic mass is 10.0. The Morgan fingerprint density at radius 2 is 1.95 bits per heavy atom. The highest BCUT2D eigenvalue weighted by molar-refractivity contribution is 5.85. The van der Waals surface area contributed by atoms with Gasteiger partial charge in [0.25, 0.3) is 5.92 Å². The van der Waals surface area contributed by atoms with Gasteiger partial charge in [0.2, 0.25) is 0 Å². The van der Waals surface area contributed by atoms with E-state index in [1.807, 2.05) is 0 Å². The van der Waals surface area contributed by atoms with Crippen molar-refractivity contribution in [3.63, 3.8) is 0 Å². The van der Waals surface area contributed by atoms with E-state index in [0.717, 1.165) is 18.2 Å². The standard InChI is InChI=1S/C14H18F3NO3/c1-13(2,3)21-12(20)18-9-4-5-11(15)10(8-9)14(16,17)6-7-19/h4-5,8,19H,6-7H2,1-3H3,(H,18,20). The summed E-state index contributed by atoms with van der Waals surface area (Å²) in [6.07, 6.45) is -1.73. The summed E-state index contributed by atoms with van der Waals surface area (Å²) in [6, 6.07) is 2.81. The Balaban J connectivity index is 2.94. The van der Waals surface area contributed by atoms with Gasteiger partial charge in [-0.15, -0.1) is 0 Å². The van der Waals surface area contributed by atoms with Gasteiger partial charge >= 0.3 is 6.09 Å². The molecule has 0 aliphatic rings. The fourth-order valence-corrected chi connectivity index (χ4v) is 1.58. The van der Waals surface area contributed by atoms with Gasteiger partial charge in [0.1, 0.15) is 11.4 Å². The van der Waals surface area contributed by atoms with E-state index < -0.39 is 42.0 Å². The maximum atomic E-state index is 13.7. The molecule has 1 rings (SSSR count). The Hall–Kier alpha value is -1.76. The van der Waals surface area contributed by atoms with Crippen LogP contribution in [0.3, 0.4) is 0 Å². The van der Waals surface area contributed by atoms with Crippen LogP contribution in [0.15, 0.2) is 18.2 Å². The zero-order chi connectivity index (χ0) is 16.3. The van der Waals surface area contributed by atoms with Crippen molar-refractivity contribution < 1.29 is 27.8 Å². The molecule has 4 nitrogen and oxygen atoms in total. The quantitative estimate of drug-likeness (QED) is 0.892. The van der Waals surface area contributed by atoms with Crippen molar-refractivity contribution in [3.05, 3.63) is 29.6 Å². The normalized spacial score (nSPS) is 12.1. The van der Waals surface area contributed by atoms with Gasteiger partial charge in [-0.3, -0.25) is 5.32 Å². The third kappa shape index (κ3) is 5.26. The molecule has 7 heteroatoms. The van der Waals surface area contributed by atoms with Crippen LogP contribution in [0.5, 0.6) is 0 Å². The lowest BCUT2D eigenvalue weighted by Crippen LogP contribution is -2.27. The van der Waals surface area contributed by atoms with Crippen LogP contribution in [0.4, 0.5) is 23.7 Å². The van der Waals surface area contributed by atoms with Gasteiger partial charge in [-0.1, -0.05) is 0 Å². The summed E-state index contributed by atoms with van der Waals surface area (Å²) < 4.78 is 45.8. The van der Waals surface area contributed by atoms with Crippen molar-refractivity contribution >= 4 is 11.8 Å². The third-order valence-electron chi connectivity index (χ3n) is 2.43. The van der Waals surface area contributed by atoms with E-state index in [4.69, 9.17) is 9.84 Å². The molecule has 1 aromatic rings. The predicted octanol–water partition coefficient (Wildman–Crippen LogP) is 3.65. The molecule has 21 heavy (non-hydrogen) atoms. The first kappa shape index (κ1) is 17.3. The van der Waals surface area contributed by atoms with Gasteiger partial charge in [0, 0.05) is 18.7 Å². The fourth-order valence-electron chi connectivity index (χ4n) is 1.58. The number of amides is 1. The number of halogens is 3. The first-order chi connectivity index (χ1) is 9.55. The molecule has 0 aromatic heterocycles. The number of hydrogen-bond acceptors (Lipinski definition) is 3. The number of anilines is 1. The Morgan fingerprint density at radius 1 is 1.33 bits per heavy atom. The molecule has 0 saturated heterocycles. The average Bonchev–Trinajstić information content (AvgIpc) is 2.28. The van der Waals surface area contributed by atoms with Crippen molar-refractivity contribution in [3.8, 4) is 0 Å². The minimum absolute atomic E-state index is 0.0155. The molecule has 0 saturated carbocycles. The van der Waals surface area contributed by atoms with Gasteiger partial charge in [-0.25, -0.2) is 18.0 Å². The first-order valence-corrected chi connectivity index (χ1v) is 6.34. The molecule has 0 bridgehead atoms. The van der Waals surface area contributed by atoms with E-state index in [9.17, 15) is 18.0 Å². The Kier molecular flexibility index (Phi) is 5.22. The molecule has 0 spiro atoms. The highest BCUT2D eigenvalue weighted by Gasteiger charge is 2.34. The number of carbonyl (C=O) groups excluding carboxylic acids is 1. The van der Waals surface area contributed by atoms with E-state index in [1.54, 1.807) is 20.8 Å². The number of nitrogens with one attached hydrogen (secondary N) is 1. The zero-order valence-corrected chi connectivity index (χ0v) is 12.0. The molecule has 0 fully saturated rings. The van der Waals surface area contributed by atoms with Crippen molar-refractivity contribution in [1.82, 2.24) is 0 Å². The molecule has 0 atom stereocenters. The van der Waals surface area contributed by atoms with E-state index in [1.165, 1.54) is 0 Å². The maximum Gasteiger partial charge on any atom is 0.412 e. The van der Waals surface area contributed by atoms with Gasteiger partial charge in [0.15, 0.2) is 0 Å². The maximum absolute atomic E-state index is 13.7. The molecule has 0 radical (unpaired) electrons. The monoisotopic (exact) mass is 305 g/mol. The van der Waals surface area contributed by atoms with Crippen molar-refractivity contribution in [2.75, 3.05) is 11.9 Å². The Bertz CT molecular complexity index is 513. The molecule has 2 N–H and O–H groups in total. The summed E-state index contributed by atoms with van der Waals surface area (Å²) in [6.45, 7) is 4.17. The number of aliphatic hydroxyl groups excluding tert-OH is 1. The Labute approximate surface area is 120 Å². The van der Waals surface area contributed by atoms with E-state index >= 15 is 0 Å². The summed E-state index contributed by atoms with van der Waals surface area (Å²) in [4.78, 5) is 11.5. The van der Waals surface area contributed by atoms with E-state index in [0.29, 0.717) is 0 Å². The van der Waals surface area contributed by atoms with Crippen LogP contribution in [-0.2, 0) is 10.7 Å². The Morgan fingerprint density at radius 3 is 2.48 bits per heavy atom. The summed E-state index contributed by atoms with van der Waals surface area (Å²) in [7, 11) is 0. The van der Waals surface area contributed by atoms with Crippen molar-refractivity contribution in [2.45, 2.75) is 38.7 Å². The highest BCUT2D eigenvalue weighted by Crippen LogP contribution is 2.34. The number of rotatable bonds is 4. The molecule has 118 valence electrons. The second-order valence-electron chi connectivity index (χ2n) is 5.50. The van der Waals surface area contributed by atoms with E-state index in [-0.39, 0.29) is 5.69 Å². The number of aliphatic hydroxyl groups is 1. The lowest BCUT2D eigenvalue weighted by molar-refractivity contribution is -0.0299. The van der Waals surface area contributed by atoms with Gasteiger partial charge < -0.3 is 9.84 Å². The van der Waals surface area contributed by atoms with Crippen LogP contribution in [0.2, 0.25) is 0 Å². The lowest BCUT2D eigenvalue weighted by Gasteiger charge is -2.20. The van der Waals surface area contributed by atoms with Crippen LogP contribution >= 0.6 is 0 Å². The van der Waals surface area contributed by atoms with Crippen molar-refractivity contribution in [1.29, 1.82) is 0 Å². The molecule has 0 unspecified atom stereocenters. The molecular weight excluding hydrogens is 287 g/mol. The summed E-state index contributed by atoms with van der Waals surface area (Å²) >= 11 is 0. The van der Waals surface area contributed by atoms with Gasteiger partial charge in [-0.2, -0.15) is 0 Å². The molecule has 1 amide bonds. The van der Waals surface area contributed by atoms with Gasteiger partial charge in [-0.05, 0) is 39.0 Å². The summed E-state index contributed by atoms with van der Waals surface area (Å²) in [5.41, 5.74) is -1.64. The van der Waals surface area contributed by atoms with Crippen LogP contribution in [0.25, 0.3) is 0 Å². The molecule has 0 heterocycles. The molecule has 0 aliphatic heterocycles. The van der Waals surface area contributed by atoms with E-state index in [2.05, 4.69) is 5.32 Å². The SMILES string of the molecule is CC(C)(C)OC(=O)Nc1ccc(F)c(C(F)(F)CCO)c1. The summed E-state index contributed by atoms with van der Waals surface area (Å²) in [5.74, 6) is -4.63. The van der Waals surface area contributed by atoms with Gasteiger partial charge in [0.05, 0.1) is 5.56 Å². The number of ether oxygens (including phenoxy) is 1. The molecule has 1 aromatic carbocycles. The molecule has 0 aliphatic carbocycles. The van der Waals surface area contributed by atoms with Crippen LogP contribution < -0.4 is 5.32 Å². The number of alkyl halides is 2. The second kappa shape index (κ2) is 6.34. The highest BCUT2D eigenvalue weighted by atomic mass is 19.3. The van der Waals surface area contributed by atoms with Crippen LogP contribution in [0.1, 0.15) is 32.8 Å². The molecular formula is C14H18F3NO3.